The van der Waals surface area contributed by atoms with E-state index < -0.39 is 12.1 Å². The summed E-state index contributed by atoms with van der Waals surface area (Å²) in [5.41, 5.74) is 2.57. The Bertz CT molecular complexity index is 1460. The number of aryl methyl sites for hydroxylation is 1. The molecule has 2 heterocycles. The summed E-state index contributed by atoms with van der Waals surface area (Å²) in [6, 6.07) is 10.5. The fourth-order valence-electron chi connectivity index (χ4n) is 2.99. The number of carbonyl (C=O) groups excluding carboxylic acids is 1. The lowest BCUT2D eigenvalue weighted by Crippen LogP contribution is -2.21. The molecule has 2 aromatic carbocycles. The maximum Gasteiger partial charge on any atom is 0.490 e. The number of halogens is 3. The third kappa shape index (κ3) is 6.22. The van der Waals surface area contributed by atoms with Gasteiger partial charge in [0.05, 0.1) is 29.2 Å². The second-order valence-electron chi connectivity index (χ2n) is 7.23. The number of anilines is 3. The number of rotatable bonds is 4. The van der Waals surface area contributed by atoms with E-state index in [9.17, 15) is 23.1 Å². The lowest BCUT2D eigenvalue weighted by Gasteiger charge is -2.10. The molecule has 14 heteroatoms. The summed E-state index contributed by atoms with van der Waals surface area (Å²) in [5.74, 6) is -1.97. The summed E-state index contributed by atoms with van der Waals surface area (Å²) < 4.78 is 37.0. The Morgan fingerprint density at radius 1 is 0.944 bits per heavy atom. The topological polar surface area (TPSA) is 159 Å². The molecule has 1 amide bonds. The Morgan fingerprint density at radius 3 is 2.11 bits per heavy atom. The fraction of sp³-hybridized carbons (Fsp3) is 0.182. The van der Waals surface area contributed by atoms with Gasteiger partial charge in [0.1, 0.15) is 5.75 Å². The molecule has 0 aliphatic rings. The van der Waals surface area contributed by atoms with Gasteiger partial charge in [-0.25, -0.2) is 19.7 Å². The third-order valence-electron chi connectivity index (χ3n) is 4.56. The van der Waals surface area contributed by atoms with Crippen LogP contribution in [0.1, 0.15) is 12.6 Å². The van der Waals surface area contributed by atoms with Gasteiger partial charge < -0.3 is 20.3 Å². The number of carboxylic acids is 1. The standard InChI is InChI=1S/C20H18N6O3.C2HF3O2/c1-10-14-9-13(29-3)5-7-16(14)23-19(21-10)26-20-24-17-6-4-12(22-11(2)27)8-15(17)18(28)25-20;3-2(4,5)1(6)7/h4-9H,1-3H3,(H,22,27)(H2,21,23,24,25,26,28);(H,6,7). The molecule has 0 saturated heterocycles. The third-order valence-corrected chi connectivity index (χ3v) is 4.56. The monoisotopic (exact) mass is 504 g/mol. The molecule has 188 valence electrons. The molecule has 0 aliphatic carbocycles. The van der Waals surface area contributed by atoms with Gasteiger partial charge in [-0.1, -0.05) is 0 Å². The first-order valence-corrected chi connectivity index (χ1v) is 10.0. The van der Waals surface area contributed by atoms with Crippen molar-refractivity contribution >= 4 is 51.3 Å². The first-order chi connectivity index (χ1) is 16.9. The van der Waals surface area contributed by atoms with Crippen LogP contribution in [0, 0.1) is 6.92 Å². The van der Waals surface area contributed by atoms with Crippen molar-refractivity contribution in [1.82, 2.24) is 19.9 Å². The molecule has 0 atom stereocenters. The highest BCUT2D eigenvalue weighted by Gasteiger charge is 2.38. The second kappa shape index (κ2) is 10.2. The van der Waals surface area contributed by atoms with Crippen molar-refractivity contribution in [2.45, 2.75) is 20.0 Å². The number of ether oxygens (including phenoxy) is 1. The number of nitrogens with one attached hydrogen (secondary N) is 2. The molecule has 0 bridgehead atoms. The average molecular weight is 504 g/mol. The average Bonchev–Trinajstić information content (AvgIpc) is 2.79. The normalized spacial score (nSPS) is 10.9. The zero-order valence-electron chi connectivity index (χ0n) is 19.0. The van der Waals surface area contributed by atoms with Crippen molar-refractivity contribution in [3.63, 3.8) is 0 Å². The van der Waals surface area contributed by atoms with Gasteiger partial charge in [0, 0.05) is 18.0 Å². The lowest BCUT2D eigenvalue weighted by molar-refractivity contribution is -0.192. The summed E-state index contributed by atoms with van der Waals surface area (Å²) >= 11 is 0. The Morgan fingerprint density at radius 2 is 1.53 bits per heavy atom. The quantitative estimate of drug-likeness (QED) is 0.321. The maximum atomic E-state index is 11.2. The minimum absolute atomic E-state index is 0.162. The largest absolute Gasteiger partial charge is 0.497 e. The van der Waals surface area contributed by atoms with Gasteiger partial charge in [-0.3, -0.25) is 10.1 Å². The van der Waals surface area contributed by atoms with Crippen molar-refractivity contribution in [1.29, 1.82) is 0 Å². The predicted molar refractivity (Wildman–Crippen MR) is 123 cm³/mol. The number of alkyl halides is 3. The Balaban J connectivity index is 0.000000454. The highest BCUT2D eigenvalue weighted by atomic mass is 19.4. The summed E-state index contributed by atoms with van der Waals surface area (Å²) in [6.07, 6.45) is -5.08. The van der Waals surface area contributed by atoms with E-state index in [1.54, 1.807) is 25.3 Å². The minimum Gasteiger partial charge on any atom is -0.497 e. The molecule has 0 aliphatic heterocycles. The Labute approximate surface area is 201 Å². The number of aromatic hydroxyl groups is 1. The first-order valence-electron chi connectivity index (χ1n) is 10.0. The zero-order chi connectivity index (χ0) is 26.6. The number of amides is 1. The number of hydrogen-bond acceptors (Lipinski definition) is 9. The van der Waals surface area contributed by atoms with Crippen LogP contribution in [0.5, 0.6) is 11.6 Å². The summed E-state index contributed by atoms with van der Waals surface area (Å²) in [6.45, 7) is 3.28. The predicted octanol–water partition coefficient (Wildman–Crippen LogP) is 3.93. The number of nitrogens with zero attached hydrogens (tertiary/aromatic N) is 4. The molecule has 0 fully saturated rings. The van der Waals surface area contributed by atoms with Gasteiger partial charge in [-0.05, 0) is 43.3 Å². The van der Waals surface area contributed by atoms with E-state index in [0.29, 0.717) is 22.5 Å². The molecule has 4 aromatic rings. The molecule has 2 aromatic heterocycles. The van der Waals surface area contributed by atoms with Crippen LogP contribution in [0.4, 0.5) is 30.8 Å². The van der Waals surface area contributed by atoms with Crippen molar-refractivity contribution in [2.75, 3.05) is 17.7 Å². The number of carboxylic acid groups (broad SMARTS) is 1. The van der Waals surface area contributed by atoms with Crippen LogP contribution in [0.25, 0.3) is 21.8 Å². The van der Waals surface area contributed by atoms with Crippen LogP contribution in [-0.2, 0) is 9.59 Å². The fourth-order valence-corrected chi connectivity index (χ4v) is 2.99. The van der Waals surface area contributed by atoms with Crippen LogP contribution in [-0.4, -0.2) is 55.3 Å². The van der Waals surface area contributed by atoms with Crippen molar-refractivity contribution < 1.29 is 37.7 Å². The number of methoxy groups -OCH3 is 1. The number of benzene rings is 2. The van der Waals surface area contributed by atoms with Crippen LogP contribution in [0.3, 0.4) is 0 Å². The highest BCUT2D eigenvalue weighted by molar-refractivity contribution is 5.94. The molecule has 0 radical (unpaired) electrons. The Kier molecular flexibility index (Phi) is 7.36. The van der Waals surface area contributed by atoms with Crippen molar-refractivity contribution in [3.8, 4) is 11.6 Å². The van der Waals surface area contributed by atoms with Crippen LogP contribution in [0.15, 0.2) is 36.4 Å². The summed E-state index contributed by atoms with van der Waals surface area (Å²) in [4.78, 5) is 37.5. The molecule has 0 saturated carbocycles. The van der Waals surface area contributed by atoms with E-state index in [1.807, 2.05) is 25.1 Å². The molecule has 4 N–H and O–H groups in total. The molecule has 36 heavy (non-hydrogen) atoms. The summed E-state index contributed by atoms with van der Waals surface area (Å²) in [5, 5.41) is 24.3. The SMILES string of the molecule is COc1ccc2nc(Nc3nc(O)c4cc(NC(C)=O)ccc4n3)nc(C)c2c1.O=C(O)C(F)(F)F. The molecular formula is C22H19F3N6O5. The zero-order valence-corrected chi connectivity index (χ0v) is 19.0. The van der Waals surface area contributed by atoms with E-state index in [-0.39, 0.29) is 17.7 Å². The van der Waals surface area contributed by atoms with Gasteiger partial charge in [0.25, 0.3) is 0 Å². The maximum absolute atomic E-state index is 11.2. The van der Waals surface area contributed by atoms with Crippen LogP contribution in [0.2, 0.25) is 0 Å². The number of fused-ring (bicyclic) bond motifs is 2. The molecule has 0 unspecified atom stereocenters. The van der Waals surface area contributed by atoms with Crippen LogP contribution >= 0.6 is 0 Å². The first kappa shape index (κ1) is 25.9. The molecule has 4 rings (SSSR count). The van der Waals surface area contributed by atoms with Crippen molar-refractivity contribution in [3.05, 3.63) is 42.1 Å². The van der Waals surface area contributed by atoms with Gasteiger partial charge in [-0.15, -0.1) is 0 Å². The van der Waals surface area contributed by atoms with E-state index in [4.69, 9.17) is 14.6 Å². The molecular weight excluding hydrogens is 485 g/mol. The highest BCUT2D eigenvalue weighted by Crippen LogP contribution is 2.28. The van der Waals surface area contributed by atoms with Crippen molar-refractivity contribution in [2.24, 2.45) is 0 Å². The van der Waals surface area contributed by atoms with E-state index in [2.05, 4.69) is 30.6 Å². The van der Waals surface area contributed by atoms with Gasteiger partial charge >= 0.3 is 12.1 Å². The minimum atomic E-state index is -5.08. The van der Waals surface area contributed by atoms with Crippen LogP contribution < -0.4 is 15.4 Å². The van der Waals surface area contributed by atoms with Gasteiger partial charge in [-0.2, -0.15) is 18.2 Å². The number of carbonyl (C=O) groups is 2. The smallest absolute Gasteiger partial charge is 0.490 e. The Hall–Kier alpha value is -4.75. The van der Waals surface area contributed by atoms with E-state index in [0.717, 1.165) is 22.3 Å². The number of aromatic nitrogens is 4. The second-order valence-corrected chi connectivity index (χ2v) is 7.23. The van der Waals surface area contributed by atoms with E-state index in [1.165, 1.54) is 6.92 Å². The lowest BCUT2D eigenvalue weighted by atomic mass is 10.2. The van der Waals surface area contributed by atoms with Gasteiger partial charge in [0.15, 0.2) is 0 Å². The van der Waals surface area contributed by atoms with Gasteiger partial charge in [0.2, 0.25) is 23.7 Å². The molecule has 0 spiro atoms. The van der Waals surface area contributed by atoms with E-state index >= 15 is 0 Å². The number of aliphatic carboxylic acids is 1. The molecule has 11 nitrogen and oxygen atoms in total. The summed E-state index contributed by atoms with van der Waals surface area (Å²) in [7, 11) is 1.61. The number of hydrogen-bond donors (Lipinski definition) is 4.